The Bertz CT molecular complexity index is 788. The first kappa shape index (κ1) is 16.1. The first-order valence-corrected chi connectivity index (χ1v) is 9.27. The van der Waals surface area contributed by atoms with E-state index in [-0.39, 0.29) is 11.7 Å². The molecule has 1 aliphatic rings. The van der Waals surface area contributed by atoms with Crippen LogP contribution in [0.5, 0.6) is 0 Å². The van der Waals surface area contributed by atoms with Crippen molar-refractivity contribution in [2.45, 2.75) is 24.5 Å². The van der Waals surface area contributed by atoms with Crippen LogP contribution in [0.2, 0.25) is 0 Å². The zero-order valence-corrected chi connectivity index (χ0v) is 13.8. The van der Waals surface area contributed by atoms with Crippen LogP contribution >= 0.6 is 0 Å². The highest BCUT2D eigenvalue weighted by atomic mass is 32.2. The summed E-state index contributed by atoms with van der Waals surface area (Å²) in [6.45, 7) is 0.954. The van der Waals surface area contributed by atoms with Crippen LogP contribution in [0.3, 0.4) is 0 Å². The predicted octanol–water partition coefficient (Wildman–Crippen LogP) is 2.27. The lowest BCUT2D eigenvalue weighted by Crippen LogP contribution is -2.39. The van der Waals surface area contributed by atoms with Gasteiger partial charge in [-0.25, -0.2) is 17.1 Å². The van der Waals surface area contributed by atoms with Crippen molar-refractivity contribution in [3.63, 3.8) is 0 Å². The molecule has 7 heteroatoms. The SMILES string of the molecule is Cn1ccc([C@H]2CCCN(S(=O)(=O)Cc3cccc(F)c3)C2)n1. The number of benzene rings is 1. The van der Waals surface area contributed by atoms with E-state index in [2.05, 4.69) is 5.10 Å². The average Bonchev–Trinajstić information content (AvgIpc) is 2.94. The largest absolute Gasteiger partial charge is 0.276 e. The zero-order chi connectivity index (χ0) is 16.4. The Morgan fingerprint density at radius 2 is 2.17 bits per heavy atom. The van der Waals surface area contributed by atoms with E-state index in [1.807, 2.05) is 19.3 Å². The Hall–Kier alpha value is -1.73. The normalized spacial score (nSPS) is 19.8. The topological polar surface area (TPSA) is 55.2 Å². The number of hydrogen-bond acceptors (Lipinski definition) is 3. The molecule has 1 fully saturated rings. The van der Waals surface area contributed by atoms with Gasteiger partial charge in [0.25, 0.3) is 0 Å². The third kappa shape index (κ3) is 3.79. The Morgan fingerprint density at radius 3 is 2.87 bits per heavy atom. The standard InChI is InChI=1S/C16H20FN3O2S/c1-19-9-7-16(18-19)14-5-3-8-20(11-14)23(21,22)12-13-4-2-6-15(17)10-13/h2,4,6-7,9-10,14H,3,5,8,11-12H2,1H3/t14-/m0/s1. The lowest BCUT2D eigenvalue weighted by molar-refractivity contribution is 0.311. The second-order valence-corrected chi connectivity index (χ2v) is 7.97. The van der Waals surface area contributed by atoms with Crippen LogP contribution in [-0.4, -0.2) is 35.6 Å². The molecule has 23 heavy (non-hydrogen) atoms. The summed E-state index contributed by atoms with van der Waals surface area (Å²) in [5, 5.41) is 4.39. The number of hydrogen-bond donors (Lipinski definition) is 0. The summed E-state index contributed by atoms with van der Waals surface area (Å²) in [7, 11) is -1.60. The summed E-state index contributed by atoms with van der Waals surface area (Å²) >= 11 is 0. The van der Waals surface area contributed by atoms with Gasteiger partial charge in [0.2, 0.25) is 10.0 Å². The van der Waals surface area contributed by atoms with Gasteiger partial charge in [0.05, 0.1) is 11.4 Å². The molecule has 1 aliphatic heterocycles. The molecule has 124 valence electrons. The van der Waals surface area contributed by atoms with E-state index in [0.717, 1.165) is 18.5 Å². The van der Waals surface area contributed by atoms with Crippen LogP contribution in [0.25, 0.3) is 0 Å². The Labute approximate surface area is 135 Å². The van der Waals surface area contributed by atoms with E-state index in [1.54, 1.807) is 10.7 Å². The summed E-state index contributed by atoms with van der Waals surface area (Å²) in [5.41, 5.74) is 1.41. The van der Waals surface area contributed by atoms with Crippen LogP contribution in [0.4, 0.5) is 4.39 Å². The van der Waals surface area contributed by atoms with Crippen molar-refractivity contribution < 1.29 is 12.8 Å². The number of rotatable bonds is 4. The van der Waals surface area contributed by atoms with Gasteiger partial charge >= 0.3 is 0 Å². The maximum absolute atomic E-state index is 13.3. The van der Waals surface area contributed by atoms with E-state index in [0.29, 0.717) is 18.7 Å². The highest BCUT2D eigenvalue weighted by Crippen LogP contribution is 2.28. The number of nitrogens with zero attached hydrogens (tertiary/aromatic N) is 3. The van der Waals surface area contributed by atoms with E-state index >= 15 is 0 Å². The zero-order valence-electron chi connectivity index (χ0n) is 13.0. The molecule has 5 nitrogen and oxygen atoms in total. The van der Waals surface area contributed by atoms with Crippen LogP contribution < -0.4 is 0 Å². The van der Waals surface area contributed by atoms with Crippen LogP contribution in [0, 0.1) is 5.82 Å². The van der Waals surface area contributed by atoms with Gasteiger partial charge in [-0.1, -0.05) is 12.1 Å². The van der Waals surface area contributed by atoms with Crippen molar-refractivity contribution in [3.8, 4) is 0 Å². The summed E-state index contributed by atoms with van der Waals surface area (Å²) in [6, 6.07) is 7.70. The van der Waals surface area contributed by atoms with Crippen molar-refractivity contribution in [1.29, 1.82) is 0 Å². The molecule has 0 saturated carbocycles. The van der Waals surface area contributed by atoms with Crippen LogP contribution in [0.15, 0.2) is 36.5 Å². The van der Waals surface area contributed by atoms with E-state index in [4.69, 9.17) is 0 Å². The van der Waals surface area contributed by atoms with Gasteiger partial charge in [0, 0.05) is 32.3 Å². The molecular weight excluding hydrogens is 317 g/mol. The fourth-order valence-electron chi connectivity index (χ4n) is 3.02. The Kier molecular flexibility index (Phi) is 4.50. The number of sulfonamides is 1. The minimum atomic E-state index is -3.46. The molecule has 0 bridgehead atoms. The van der Waals surface area contributed by atoms with Gasteiger partial charge < -0.3 is 0 Å². The summed E-state index contributed by atoms with van der Waals surface area (Å²) in [4.78, 5) is 0. The third-order valence-electron chi connectivity index (χ3n) is 4.17. The minimum Gasteiger partial charge on any atom is -0.276 e. The molecule has 0 radical (unpaired) electrons. The van der Waals surface area contributed by atoms with Gasteiger partial charge in [-0.3, -0.25) is 4.68 Å². The van der Waals surface area contributed by atoms with Crippen LogP contribution in [-0.2, 0) is 22.8 Å². The fraction of sp³-hybridized carbons (Fsp3) is 0.438. The molecule has 2 aromatic rings. The average molecular weight is 337 g/mol. The fourth-order valence-corrected chi connectivity index (χ4v) is 4.61. The molecule has 1 aromatic carbocycles. The molecule has 0 spiro atoms. The highest BCUT2D eigenvalue weighted by Gasteiger charge is 2.30. The third-order valence-corrected chi connectivity index (χ3v) is 5.98. The molecule has 2 heterocycles. The second kappa shape index (κ2) is 6.41. The van der Waals surface area contributed by atoms with Gasteiger partial charge in [0.1, 0.15) is 5.82 Å². The molecule has 0 amide bonds. The number of halogens is 1. The molecule has 0 aliphatic carbocycles. The second-order valence-electron chi connectivity index (χ2n) is 6.00. The van der Waals surface area contributed by atoms with Crippen molar-refractivity contribution in [2.75, 3.05) is 13.1 Å². The maximum atomic E-state index is 13.3. The number of piperidine rings is 1. The molecule has 3 rings (SSSR count). The lowest BCUT2D eigenvalue weighted by atomic mass is 9.96. The van der Waals surface area contributed by atoms with E-state index in [1.165, 1.54) is 22.5 Å². The van der Waals surface area contributed by atoms with Crippen molar-refractivity contribution >= 4 is 10.0 Å². The van der Waals surface area contributed by atoms with Crippen molar-refractivity contribution in [3.05, 3.63) is 53.6 Å². The first-order valence-electron chi connectivity index (χ1n) is 7.66. The smallest absolute Gasteiger partial charge is 0.218 e. The van der Waals surface area contributed by atoms with Crippen LogP contribution in [0.1, 0.15) is 30.0 Å². The molecule has 0 N–H and O–H groups in total. The van der Waals surface area contributed by atoms with E-state index < -0.39 is 15.8 Å². The number of aryl methyl sites for hydroxylation is 1. The highest BCUT2D eigenvalue weighted by molar-refractivity contribution is 7.88. The molecule has 1 atom stereocenters. The lowest BCUT2D eigenvalue weighted by Gasteiger charge is -2.31. The Balaban J connectivity index is 1.74. The number of aromatic nitrogens is 2. The molecule has 0 unspecified atom stereocenters. The summed E-state index contributed by atoms with van der Waals surface area (Å²) in [6.07, 6.45) is 3.61. The summed E-state index contributed by atoms with van der Waals surface area (Å²) in [5.74, 6) is -0.463. The monoisotopic (exact) mass is 337 g/mol. The first-order chi connectivity index (χ1) is 10.9. The maximum Gasteiger partial charge on any atom is 0.218 e. The van der Waals surface area contributed by atoms with Crippen molar-refractivity contribution in [1.82, 2.24) is 14.1 Å². The minimum absolute atomic E-state index is 0.118. The van der Waals surface area contributed by atoms with Gasteiger partial charge in [-0.15, -0.1) is 0 Å². The predicted molar refractivity (Wildman–Crippen MR) is 85.8 cm³/mol. The van der Waals surface area contributed by atoms with Crippen molar-refractivity contribution in [2.24, 2.45) is 7.05 Å². The molecule has 1 aromatic heterocycles. The summed E-state index contributed by atoms with van der Waals surface area (Å²) < 4.78 is 41.8. The molecular formula is C16H20FN3O2S. The van der Waals surface area contributed by atoms with E-state index in [9.17, 15) is 12.8 Å². The quantitative estimate of drug-likeness (QED) is 0.860. The van der Waals surface area contributed by atoms with Gasteiger partial charge in [0.15, 0.2) is 0 Å². The van der Waals surface area contributed by atoms with Gasteiger partial charge in [-0.2, -0.15) is 5.10 Å². The molecule has 1 saturated heterocycles. The Morgan fingerprint density at radius 1 is 1.35 bits per heavy atom. The van der Waals surface area contributed by atoms with Gasteiger partial charge in [-0.05, 0) is 36.6 Å².